The van der Waals surface area contributed by atoms with Gasteiger partial charge in [-0.25, -0.2) is 13.1 Å². The quantitative estimate of drug-likeness (QED) is 0.739. The molecule has 0 radical (unpaired) electrons. The van der Waals surface area contributed by atoms with Gasteiger partial charge in [0.15, 0.2) is 0 Å². The highest BCUT2D eigenvalue weighted by Crippen LogP contribution is 2.29. The van der Waals surface area contributed by atoms with E-state index in [9.17, 15) is 13.2 Å². The fourth-order valence-electron chi connectivity index (χ4n) is 3.29. The van der Waals surface area contributed by atoms with Gasteiger partial charge in [0, 0.05) is 6.54 Å². The summed E-state index contributed by atoms with van der Waals surface area (Å²) in [6.45, 7) is 0.0998. The summed E-state index contributed by atoms with van der Waals surface area (Å²) < 4.78 is 29.1. The molecule has 4 rings (SSSR count). The Bertz CT molecular complexity index is 1090. The highest BCUT2D eigenvalue weighted by Gasteiger charge is 2.39. The minimum atomic E-state index is -3.94. The summed E-state index contributed by atoms with van der Waals surface area (Å²) in [4.78, 5) is 12.0. The third-order valence-corrected chi connectivity index (χ3v) is 6.53. The van der Waals surface area contributed by atoms with Gasteiger partial charge < -0.3 is 5.73 Å². The fraction of sp³-hybridized carbons (Fsp3) is 0.158. The molecule has 1 atom stereocenters. The minimum Gasteiger partial charge on any atom is -0.368 e. The lowest BCUT2D eigenvalue weighted by Crippen LogP contribution is -2.50. The monoisotopic (exact) mass is 382 g/mol. The van der Waals surface area contributed by atoms with Gasteiger partial charge in [-0.15, -0.1) is 0 Å². The number of carbonyl (C=O) groups is 1. The molecule has 27 heavy (non-hydrogen) atoms. The number of para-hydroxylation sites is 1. The van der Waals surface area contributed by atoms with Crippen molar-refractivity contribution in [2.24, 2.45) is 5.73 Å². The van der Waals surface area contributed by atoms with E-state index in [-0.39, 0.29) is 17.9 Å². The Kier molecular flexibility index (Phi) is 4.29. The Hall–Kier alpha value is -2.97. The van der Waals surface area contributed by atoms with Crippen molar-refractivity contribution in [1.82, 2.24) is 14.1 Å². The molecule has 0 fully saturated rings. The molecule has 8 heteroatoms. The van der Waals surface area contributed by atoms with Crippen molar-refractivity contribution in [3.8, 4) is 5.69 Å². The second kappa shape index (κ2) is 6.64. The van der Waals surface area contributed by atoms with Gasteiger partial charge in [-0.1, -0.05) is 42.5 Å². The van der Waals surface area contributed by atoms with Crippen molar-refractivity contribution in [3.05, 3.63) is 78.1 Å². The number of nitrogens with two attached hydrogens (primary N) is 1. The van der Waals surface area contributed by atoms with Gasteiger partial charge in [0.25, 0.3) is 0 Å². The maximum absolute atomic E-state index is 13.2. The van der Waals surface area contributed by atoms with Crippen LogP contribution in [0.5, 0.6) is 0 Å². The smallest absolute Gasteiger partial charge is 0.247 e. The predicted molar refractivity (Wildman–Crippen MR) is 99.4 cm³/mol. The van der Waals surface area contributed by atoms with Crippen molar-refractivity contribution < 1.29 is 13.2 Å². The standard InChI is InChI=1S/C19H18N4O3S/c20-19(24)18-10-14-6-4-5-7-15(14)12-23(18)27(25,26)17-11-21-22(13-17)16-8-2-1-3-9-16/h1-9,11,13,18H,10,12H2,(H2,20,24)/t18-/m0/s1. The average molecular weight is 382 g/mol. The maximum Gasteiger partial charge on any atom is 0.247 e. The van der Waals surface area contributed by atoms with Crippen molar-refractivity contribution in [1.29, 1.82) is 0 Å². The van der Waals surface area contributed by atoms with Crippen LogP contribution in [0.4, 0.5) is 0 Å². The molecular weight excluding hydrogens is 364 g/mol. The summed E-state index contributed by atoms with van der Waals surface area (Å²) >= 11 is 0. The number of primary amides is 1. The molecule has 0 spiro atoms. The van der Waals surface area contributed by atoms with E-state index in [2.05, 4.69) is 5.10 Å². The van der Waals surface area contributed by atoms with Crippen LogP contribution < -0.4 is 5.73 Å². The number of sulfonamides is 1. The van der Waals surface area contributed by atoms with E-state index < -0.39 is 22.0 Å². The van der Waals surface area contributed by atoms with Crippen molar-refractivity contribution >= 4 is 15.9 Å². The summed E-state index contributed by atoms with van der Waals surface area (Å²) in [7, 11) is -3.94. The second-order valence-corrected chi connectivity index (χ2v) is 8.29. The molecule has 0 saturated heterocycles. The zero-order chi connectivity index (χ0) is 19.0. The van der Waals surface area contributed by atoms with E-state index >= 15 is 0 Å². The van der Waals surface area contributed by atoms with Crippen LogP contribution in [0.1, 0.15) is 11.1 Å². The normalized spacial score (nSPS) is 17.4. The number of carbonyl (C=O) groups excluding carboxylic acids is 1. The third kappa shape index (κ3) is 3.13. The van der Waals surface area contributed by atoms with Gasteiger partial charge in [-0.3, -0.25) is 4.79 Å². The first-order chi connectivity index (χ1) is 13.0. The molecule has 2 heterocycles. The molecule has 1 amide bonds. The Morgan fingerprint density at radius 3 is 2.41 bits per heavy atom. The number of amides is 1. The van der Waals surface area contributed by atoms with Crippen LogP contribution in [0.25, 0.3) is 5.69 Å². The first kappa shape index (κ1) is 17.4. The number of hydrogen-bond acceptors (Lipinski definition) is 4. The van der Waals surface area contributed by atoms with Crippen LogP contribution in [0, 0.1) is 0 Å². The van der Waals surface area contributed by atoms with Gasteiger partial charge in [0.05, 0.1) is 18.1 Å². The molecule has 2 N–H and O–H groups in total. The molecule has 2 aromatic carbocycles. The van der Waals surface area contributed by atoms with Crippen LogP contribution in [-0.2, 0) is 27.8 Å². The number of aromatic nitrogens is 2. The first-order valence-electron chi connectivity index (χ1n) is 8.45. The number of fused-ring (bicyclic) bond motifs is 1. The fourth-order valence-corrected chi connectivity index (χ4v) is 4.80. The largest absolute Gasteiger partial charge is 0.368 e. The summed E-state index contributed by atoms with van der Waals surface area (Å²) in [5, 5.41) is 4.16. The van der Waals surface area contributed by atoms with E-state index in [1.165, 1.54) is 21.4 Å². The Morgan fingerprint density at radius 2 is 1.70 bits per heavy atom. The molecule has 0 saturated carbocycles. The Labute approximate surface area is 157 Å². The van der Waals surface area contributed by atoms with E-state index in [1.54, 1.807) is 0 Å². The number of benzene rings is 2. The van der Waals surface area contributed by atoms with Crippen LogP contribution in [0.2, 0.25) is 0 Å². The number of rotatable bonds is 4. The van der Waals surface area contributed by atoms with Crippen LogP contribution >= 0.6 is 0 Å². The van der Waals surface area contributed by atoms with Crippen molar-refractivity contribution in [2.75, 3.05) is 0 Å². The zero-order valence-electron chi connectivity index (χ0n) is 14.4. The van der Waals surface area contributed by atoms with E-state index in [0.29, 0.717) is 0 Å². The van der Waals surface area contributed by atoms with Crippen LogP contribution in [0.15, 0.2) is 71.9 Å². The second-order valence-electron chi connectivity index (χ2n) is 6.40. The molecule has 1 aliphatic rings. The van der Waals surface area contributed by atoms with Gasteiger partial charge >= 0.3 is 0 Å². The summed E-state index contributed by atoms with van der Waals surface area (Å²) in [5.41, 5.74) is 8.07. The topological polar surface area (TPSA) is 98.3 Å². The molecule has 0 unspecified atom stereocenters. The lowest BCUT2D eigenvalue weighted by atomic mass is 9.96. The van der Waals surface area contributed by atoms with Crippen molar-refractivity contribution in [3.63, 3.8) is 0 Å². The highest BCUT2D eigenvalue weighted by molar-refractivity contribution is 7.89. The van der Waals surface area contributed by atoms with Gasteiger partial charge in [0.2, 0.25) is 15.9 Å². The molecule has 3 aromatic rings. The molecule has 1 aromatic heterocycles. The summed E-state index contributed by atoms with van der Waals surface area (Å²) in [6.07, 6.45) is 3.00. The lowest BCUT2D eigenvalue weighted by Gasteiger charge is -2.33. The minimum absolute atomic E-state index is 0.0250. The maximum atomic E-state index is 13.2. The number of hydrogen-bond donors (Lipinski definition) is 1. The van der Waals surface area contributed by atoms with E-state index in [0.717, 1.165) is 16.8 Å². The Morgan fingerprint density at radius 1 is 1.04 bits per heavy atom. The van der Waals surface area contributed by atoms with Crippen LogP contribution in [0.3, 0.4) is 0 Å². The van der Waals surface area contributed by atoms with Gasteiger partial charge in [0.1, 0.15) is 10.9 Å². The number of nitrogens with zero attached hydrogens (tertiary/aromatic N) is 3. The Balaban J connectivity index is 1.72. The summed E-state index contributed by atoms with van der Waals surface area (Å²) in [5.74, 6) is -0.663. The van der Waals surface area contributed by atoms with E-state index in [4.69, 9.17) is 5.73 Å². The zero-order valence-corrected chi connectivity index (χ0v) is 15.2. The predicted octanol–water partition coefficient (Wildman–Crippen LogP) is 1.47. The first-order valence-corrected chi connectivity index (χ1v) is 9.89. The van der Waals surface area contributed by atoms with E-state index in [1.807, 2.05) is 54.6 Å². The SMILES string of the molecule is NC(=O)[C@@H]1Cc2ccccc2CN1S(=O)(=O)c1cnn(-c2ccccc2)c1. The van der Waals surface area contributed by atoms with Crippen LogP contribution in [-0.4, -0.2) is 34.5 Å². The molecule has 138 valence electrons. The molecule has 0 bridgehead atoms. The summed E-state index contributed by atoms with van der Waals surface area (Å²) in [6, 6.07) is 15.8. The lowest BCUT2D eigenvalue weighted by molar-refractivity contribution is -0.122. The molecule has 7 nitrogen and oxygen atoms in total. The highest BCUT2D eigenvalue weighted by atomic mass is 32.2. The van der Waals surface area contributed by atoms with Gasteiger partial charge in [-0.05, 0) is 29.7 Å². The molecule has 0 aliphatic carbocycles. The van der Waals surface area contributed by atoms with Gasteiger partial charge in [-0.2, -0.15) is 9.40 Å². The third-order valence-electron chi connectivity index (χ3n) is 4.72. The van der Waals surface area contributed by atoms with Crippen molar-refractivity contribution in [2.45, 2.75) is 23.9 Å². The molecular formula is C19H18N4O3S. The average Bonchev–Trinajstić information content (AvgIpc) is 3.19. The molecule has 1 aliphatic heterocycles.